The summed E-state index contributed by atoms with van der Waals surface area (Å²) in [6.45, 7) is 6.89. The fourth-order valence-electron chi connectivity index (χ4n) is 5.29. The van der Waals surface area contributed by atoms with Gasteiger partial charge in [-0.2, -0.15) is 0 Å². The number of carbonyl (C=O) groups is 2. The smallest absolute Gasteiger partial charge is 0.344 e. The van der Waals surface area contributed by atoms with Crippen LogP contribution in [0.3, 0.4) is 0 Å². The second kappa shape index (κ2) is 5.71. The number of hydrogen-bond acceptors (Lipinski definition) is 4. The third kappa shape index (κ3) is 2.57. The van der Waals surface area contributed by atoms with Gasteiger partial charge in [0.05, 0.1) is 0 Å². The second-order valence-corrected chi connectivity index (χ2v) is 7.44. The molecule has 4 aliphatic rings. The highest BCUT2D eigenvalue weighted by Crippen LogP contribution is 2.60. The predicted molar refractivity (Wildman–Crippen MR) is 81.9 cm³/mol. The molecule has 0 spiro atoms. The summed E-state index contributed by atoms with van der Waals surface area (Å²) in [5.41, 5.74) is -0.0206. The van der Waals surface area contributed by atoms with Crippen LogP contribution in [0.25, 0.3) is 0 Å². The van der Waals surface area contributed by atoms with Crippen LogP contribution >= 0.6 is 0 Å². The van der Waals surface area contributed by atoms with Crippen LogP contribution in [0.5, 0.6) is 0 Å². The van der Waals surface area contributed by atoms with E-state index in [1.807, 2.05) is 0 Å². The van der Waals surface area contributed by atoms with E-state index in [1.54, 1.807) is 6.92 Å². The van der Waals surface area contributed by atoms with E-state index in [0.29, 0.717) is 17.4 Å². The first-order chi connectivity index (χ1) is 10.4. The molecule has 4 rings (SSSR count). The van der Waals surface area contributed by atoms with Crippen molar-refractivity contribution in [2.45, 2.75) is 58.0 Å². The molecule has 4 bridgehead atoms. The molecule has 0 aromatic rings. The van der Waals surface area contributed by atoms with Crippen molar-refractivity contribution >= 4 is 11.9 Å². The van der Waals surface area contributed by atoms with Gasteiger partial charge < -0.3 is 9.47 Å². The predicted octanol–water partition coefficient (Wildman–Crippen LogP) is 3.25. The lowest BCUT2D eigenvalue weighted by molar-refractivity contribution is -0.214. The minimum Gasteiger partial charge on any atom is -0.456 e. The first kappa shape index (κ1) is 15.6. The van der Waals surface area contributed by atoms with Crippen molar-refractivity contribution in [1.29, 1.82) is 0 Å². The molecule has 0 heterocycles. The fourth-order valence-corrected chi connectivity index (χ4v) is 5.29. The maximum Gasteiger partial charge on any atom is 0.344 e. The monoisotopic (exact) mass is 306 g/mol. The summed E-state index contributed by atoms with van der Waals surface area (Å²) in [5.74, 6) is 1.71. The van der Waals surface area contributed by atoms with Gasteiger partial charge in [-0.05, 0) is 69.1 Å². The van der Waals surface area contributed by atoms with Gasteiger partial charge in [-0.3, -0.25) is 0 Å². The largest absolute Gasteiger partial charge is 0.456 e. The molecule has 0 radical (unpaired) electrons. The molecular weight excluding hydrogens is 280 g/mol. The highest BCUT2D eigenvalue weighted by Gasteiger charge is 2.58. The Bertz CT molecular complexity index is 465. The van der Waals surface area contributed by atoms with Gasteiger partial charge in [-0.1, -0.05) is 13.5 Å². The van der Waals surface area contributed by atoms with Gasteiger partial charge in [-0.15, -0.1) is 0 Å². The summed E-state index contributed by atoms with van der Waals surface area (Å²) < 4.78 is 10.9. The van der Waals surface area contributed by atoms with Crippen molar-refractivity contribution in [3.05, 3.63) is 12.2 Å². The van der Waals surface area contributed by atoms with E-state index in [1.165, 1.54) is 32.1 Å². The summed E-state index contributed by atoms with van der Waals surface area (Å²) in [5, 5.41) is 0. The minimum atomic E-state index is -0.535. The van der Waals surface area contributed by atoms with Crippen molar-refractivity contribution < 1.29 is 19.1 Å². The van der Waals surface area contributed by atoms with E-state index in [-0.39, 0.29) is 12.2 Å². The van der Waals surface area contributed by atoms with Crippen LogP contribution in [-0.2, 0) is 19.1 Å². The first-order valence-corrected chi connectivity index (χ1v) is 8.49. The van der Waals surface area contributed by atoms with Crippen LogP contribution in [0.15, 0.2) is 12.2 Å². The molecule has 0 aromatic carbocycles. The van der Waals surface area contributed by atoms with E-state index in [9.17, 15) is 9.59 Å². The molecule has 22 heavy (non-hydrogen) atoms. The molecule has 0 atom stereocenters. The van der Waals surface area contributed by atoms with Crippen molar-refractivity contribution in [3.8, 4) is 0 Å². The Balaban J connectivity index is 1.65. The molecule has 4 aliphatic carbocycles. The molecule has 0 amide bonds. The van der Waals surface area contributed by atoms with Crippen LogP contribution in [-0.4, -0.2) is 24.1 Å². The van der Waals surface area contributed by atoms with Crippen LogP contribution in [0.4, 0.5) is 0 Å². The lowest BCUT2D eigenvalue weighted by Gasteiger charge is -2.60. The molecule has 4 saturated carbocycles. The van der Waals surface area contributed by atoms with Gasteiger partial charge in [0.1, 0.15) is 5.60 Å². The lowest BCUT2D eigenvalue weighted by atomic mass is 9.49. The highest BCUT2D eigenvalue weighted by molar-refractivity contribution is 5.88. The normalized spacial score (nSPS) is 38.6. The van der Waals surface area contributed by atoms with Gasteiger partial charge in [0.2, 0.25) is 0 Å². The van der Waals surface area contributed by atoms with E-state index in [2.05, 4.69) is 13.5 Å². The van der Waals surface area contributed by atoms with E-state index in [4.69, 9.17) is 9.47 Å². The number of ether oxygens (including phenoxy) is 2. The number of rotatable bonds is 5. The van der Waals surface area contributed by atoms with E-state index in [0.717, 1.165) is 18.3 Å². The summed E-state index contributed by atoms with van der Waals surface area (Å²) in [4.78, 5) is 23.6. The number of hydrogen-bond donors (Lipinski definition) is 0. The zero-order valence-electron chi connectivity index (χ0n) is 13.6. The molecule has 0 aromatic heterocycles. The van der Waals surface area contributed by atoms with Crippen LogP contribution in [0, 0.1) is 23.7 Å². The second-order valence-electron chi connectivity index (χ2n) is 7.44. The van der Waals surface area contributed by atoms with Crippen LogP contribution in [0.1, 0.15) is 52.4 Å². The van der Waals surface area contributed by atoms with Crippen LogP contribution < -0.4 is 0 Å². The van der Waals surface area contributed by atoms with Crippen molar-refractivity contribution in [2.75, 3.05) is 6.61 Å². The third-order valence-corrected chi connectivity index (χ3v) is 6.05. The molecule has 4 nitrogen and oxygen atoms in total. The van der Waals surface area contributed by atoms with Crippen molar-refractivity contribution in [1.82, 2.24) is 0 Å². The van der Waals surface area contributed by atoms with Gasteiger partial charge in [-0.25, -0.2) is 9.59 Å². The quantitative estimate of drug-likeness (QED) is 0.578. The van der Waals surface area contributed by atoms with Crippen molar-refractivity contribution in [3.63, 3.8) is 0 Å². The SMILES string of the molecule is C=C(C)C(=O)OCC(=O)OC1(CC)C2CC3CC(C2)CC1C3. The number of esters is 2. The summed E-state index contributed by atoms with van der Waals surface area (Å²) in [6, 6.07) is 0. The molecule has 0 saturated heterocycles. The van der Waals surface area contributed by atoms with Gasteiger partial charge in [0, 0.05) is 5.57 Å². The maximum atomic E-state index is 12.2. The molecular formula is C18H26O4. The Hall–Kier alpha value is -1.32. The Kier molecular flexibility index (Phi) is 4.04. The molecule has 122 valence electrons. The molecule has 4 fully saturated rings. The Morgan fingerprint density at radius 3 is 2.09 bits per heavy atom. The van der Waals surface area contributed by atoms with Gasteiger partial charge in [0.25, 0.3) is 0 Å². The first-order valence-electron chi connectivity index (χ1n) is 8.49. The third-order valence-electron chi connectivity index (χ3n) is 6.05. The number of carbonyl (C=O) groups excluding carboxylic acids is 2. The fraction of sp³-hybridized carbons (Fsp3) is 0.778. The minimum absolute atomic E-state index is 0.299. The zero-order valence-corrected chi connectivity index (χ0v) is 13.6. The molecule has 0 unspecified atom stereocenters. The average molecular weight is 306 g/mol. The molecule has 0 aliphatic heterocycles. The maximum absolute atomic E-state index is 12.2. The summed E-state index contributed by atoms with van der Waals surface area (Å²) in [6.07, 6.45) is 7.01. The zero-order chi connectivity index (χ0) is 15.9. The van der Waals surface area contributed by atoms with Crippen molar-refractivity contribution in [2.24, 2.45) is 23.7 Å². The van der Waals surface area contributed by atoms with Gasteiger partial charge in [0.15, 0.2) is 6.61 Å². The van der Waals surface area contributed by atoms with Crippen LogP contribution in [0.2, 0.25) is 0 Å². The topological polar surface area (TPSA) is 52.6 Å². The summed E-state index contributed by atoms with van der Waals surface area (Å²) in [7, 11) is 0. The molecule has 0 N–H and O–H groups in total. The average Bonchev–Trinajstić information content (AvgIpc) is 2.47. The lowest BCUT2D eigenvalue weighted by Crippen LogP contribution is -2.59. The Labute approximate surface area is 132 Å². The standard InChI is InChI=1S/C18H26O4/c1-4-18(22-16(19)10-21-17(20)11(2)3)14-6-12-5-13(8-14)9-15(18)7-12/h12-15H,2,4-10H2,1,3H3. The summed E-state index contributed by atoms with van der Waals surface area (Å²) >= 11 is 0. The van der Waals surface area contributed by atoms with Gasteiger partial charge >= 0.3 is 11.9 Å². The molecule has 4 heteroatoms. The Morgan fingerprint density at radius 1 is 1.09 bits per heavy atom. The Morgan fingerprint density at radius 2 is 1.64 bits per heavy atom. The van der Waals surface area contributed by atoms with E-state index < -0.39 is 11.9 Å². The van der Waals surface area contributed by atoms with E-state index >= 15 is 0 Å². The highest BCUT2D eigenvalue weighted by atomic mass is 16.6.